The van der Waals surface area contributed by atoms with Gasteiger partial charge >= 0.3 is 0 Å². The smallest absolute Gasteiger partial charge is 0.264 e. The molecule has 0 saturated carbocycles. The van der Waals surface area contributed by atoms with Gasteiger partial charge in [0.2, 0.25) is 0 Å². The van der Waals surface area contributed by atoms with E-state index in [-0.39, 0.29) is 12.5 Å². The van der Waals surface area contributed by atoms with Crippen molar-refractivity contribution in [3.63, 3.8) is 0 Å². The Balaban J connectivity index is 1.69. The molecule has 2 aromatic rings. The summed E-state index contributed by atoms with van der Waals surface area (Å²) in [5.74, 6) is 1.67. The summed E-state index contributed by atoms with van der Waals surface area (Å²) >= 11 is 1.79. The topological polar surface area (TPSA) is 29.5 Å². The fourth-order valence-electron chi connectivity index (χ4n) is 2.46. The van der Waals surface area contributed by atoms with Crippen LogP contribution in [0.3, 0.4) is 0 Å². The van der Waals surface area contributed by atoms with Crippen LogP contribution in [0, 0.1) is 13.8 Å². The van der Waals surface area contributed by atoms with Gasteiger partial charge in [-0.3, -0.25) is 4.79 Å². The van der Waals surface area contributed by atoms with Gasteiger partial charge in [-0.15, -0.1) is 11.8 Å². The highest BCUT2D eigenvalue weighted by Gasteiger charge is 2.22. The minimum Gasteiger partial charge on any atom is -0.484 e. The molecule has 1 heterocycles. The average Bonchev–Trinajstić information content (AvgIpc) is 2.55. The van der Waals surface area contributed by atoms with Crippen LogP contribution in [0.1, 0.15) is 11.1 Å². The van der Waals surface area contributed by atoms with E-state index in [1.165, 1.54) is 11.1 Å². The lowest BCUT2D eigenvalue weighted by molar-refractivity contribution is -0.120. The van der Waals surface area contributed by atoms with Crippen LogP contribution in [0.15, 0.2) is 47.4 Å². The molecule has 0 aromatic heterocycles. The maximum absolute atomic E-state index is 12.5. The van der Waals surface area contributed by atoms with E-state index in [1.54, 1.807) is 11.8 Å². The highest BCUT2D eigenvalue weighted by atomic mass is 32.2. The van der Waals surface area contributed by atoms with Crippen LogP contribution in [-0.4, -0.2) is 24.8 Å². The molecule has 0 fully saturated rings. The van der Waals surface area contributed by atoms with Crippen LogP contribution >= 0.6 is 11.8 Å². The Morgan fingerprint density at radius 3 is 2.82 bits per heavy atom. The molecule has 0 radical (unpaired) electrons. The maximum Gasteiger partial charge on any atom is 0.264 e. The lowest BCUT2D eigenvalue weighted by Crippen LogP contribution is -2.38. The molecule has 3 rings (SSSR count). The van der Waals surface area contributed by atoms with E-state index in [0.29, 0.717) is 0 Å². The number of hydrogen-bond acceptors (Lipinski definition) is 3. The zero-order valence-electron chi connectivity index (χ0n) is 12.8. The van der Waals surface area contributed by atoms with Gasteiger partial charge in [0.05, 0.1) is 5.69 Å². The first kappa shape index (κ1) is 15.0. The molecule has 3 nitrogen and oxygen atoms in total. The second kappa shape index (κ2) is 6.44. The standard InChI is InChI=1S/C18H19NO2S/c1-13-7-8-15(11-14(13)2)21-12-18(20)19-9-10-22-17-6-4-3-5-16(17)19/h3-8,11H,9-10,12H2,1-2H3. The molecule has 22 heavy (non-hydrogen) atoms. The Kier molecular flexibility index (Phi) is 4.39. The first-order valence-electron chi connectivity index (χ1n) is 7.37. The van der Waals surface area contributed by atoms with Crippen molar-refractivity contribution in [1.29, 1.82) is 0 Å². The van der Waals surface area contributed by atoms with Crippen molar-refractivity contribution in [2.75, 3.05) is 23.8 Å². The van der Waals surface area contributed by atoms with E-state index in [2.05, 4.69) is 13.0 Å². The van der Waals surface area contributed by atoms with E-state index in [9.17, 15) is 4.79 Å². The lowest BCUT2D eigenvalue weighted by atomic mass is 10.1. The Bertz CT molecular complexity index is 699. The number of hydrogen-bond donors (Lipinski definition) is 0. The maximum atomic E-state index is 12.5. The minimum absolute atomic E-state index is 0.00554. The Morgan fingerprint density at radius 1 is 1.18 bits per heavy atom. The predicted molar refractivity (Wildman–Crippen MR) is 90.9 cm³/mol. The first-order chi connectivity index (χ1) is 10.6. The average molecular weight is 313 g/mol. The number of thioether (sulfide) groups is 1. The molecule has 0 bridgehead atoms. The van der Waals surface area contributed by atoms with Crippen LogP contribution in [0.25, 0.3) is 0 Å². The fraction of sp³-hybridized carbons (Fsp3) is 0.278. The molecule has 0 unspecified atom stereocenters. The van der Waals surface area contributed by atoms with Crippen LogP contribution in [0.4, 0.5) is 5.69 Å². The van der Waals surface area contributed by atoms with Crippen LogP contribution in [-0.2, 0) is 4.79 Å². The second-order valence-electron chi connectivity index (χ2n) is 5.40. The SMILES string of the molecule is Cc1ccc(OCC(=O)N2CCSc3ccccc32)cc1C. The molecule has 0 N–H and O–H groups in total. The minimum atomic E-state index is 0.00554. The van der Waals surface area contributed by atoms with E-state index >= 15 is 0 Å². The van der Waals surface area contributed by atoms with Gasteiger partial charge in [-0.2, -0.15) is 0 Å². The molecule has 114 valence electrons. The number of aryl methyl sites for hydroxylation is 2. The molecule has 0 spiro atoms. The monoisotopic (exact) mass is 313 g/mol. The third-order valence-corrected chi connectivity index (χ3v) is 4.91. The van der Waals surface area contributed by atoms with Gasteiger partial charge in [0.15, 0.2) is 6.61 Å². The molecule has 0 atom stereocenters. The van der Waals surface area contributed by atoms with E-state index < -0.39 is 0 Å². The number of fused-ring (bicyclic) bond motifs is 1. The highest BCUT2D eigenvalue weighted by Crippen LogP contribution is 2.34. The molecule has 0 saturated heterocycles. The van der Waals surface area contributed by atoms with Crippen molar-refractivity contribution in [3.8, 4) is 5.75 Å². The summed E-state index contributed by atoms with van der Waals surface area (Å²) in [5, 5.41) is 0. The molecular weight excluding hydrogens is 294 g/mol. The molecule has 0 aliphatic carbocycles. The van der Waals surface area contributed by atoms with Crippen molar-refractivity contribution in [1.82, 2.24) is 0 Å². The summed E-state index contributed by atoms with van der Waals surface area (Å²) in [4.78, 5) is 15.5. The van der Waals surface area contributed by atoms with Crippen LogP contribution < -0.4 is 9.64 Å². The zero-order valence-corrected chi connectivity index (χ0v) is 13.7. The van der Waals surface area contributed by atoms with Crippen molar-refractivity contribution in [2.45, 2.75) is 18.7 Å². The number of nitrogens with zero attached hydrogens (tertiary/aromatic N) is 1. The number of rotatable bonds is 3. The molecule has 2 aromatic carbocycles. The Labute approximate surface area is 135 Å². The van der Waals surface area contributed by atoms with Crippen LogP contribution in [0.2, 0.25) is 0 Å². The van der Waals surface area contributed by atoms with Gasteiger partial charge in [0.25, 0.3) is 5.91 Å². The van der Waals surface area contributed by atoms with Gasteiger partial charge in [-0.05, 0) is 49.2 Å². The van der Waals surface area contributed by atoms with Crippen molar-refractivity contribution in [3.05, 3.63) is 53.6 Å². The van der Waals surface area contributed by atoms with Gasteiger partial charge in [0.1, 0.15) is 5.75 Å². The summed E-state index contributed by atoms with van der Waals surface area (Å²) in [6, 6.07) is 13.9. The molecule has 4 heteroatoms. The third-order valence-electron chi connectivity index (χ3n) is 3.87. The fourth-order valence-corrected chi connectivity index (χ4v) is 3.45. The summed E-state index contributed by atoms with van der Waals surface area (Å²) in [7, 11) is 0. The highest BCUT2D eigenvalue weighted by molar-refractivity contribution is 7.99. The van der Waals surface area contributed by atoms with Gasteiger partial charge < -0.3 is 9.64 Å². The molecule has 1 amide bonds. The Morgan fingerprint density at radius 2 is 2.00 bits per heavy atom. The number of carbonyl (C=O) groups is 1. The third kappa shape index (κ3) is 3.12. The quantitative estimate of drug-likeness (QED) is 0.863. The number of ether oxygens (including phenoxy) is 1. The summed E-state index contributed by atoms with van der Waals surface area (Å²) in [5.41, 5.74) is 3.39. The van der Waals surface area contributed by atoms with E-state index in [4.69, 9.17) is 4.74 Å². The molecular formula is C18H19NO2S. The molecule has 1 aliphatic rings. The number of carbonyl (C=O) groups excluding carboxylic acids is 1. The van der Waals surface area contributed by atoms with Crippen molar-refractivity contribution in [2.24, 2.45) is 0 Å². The number of benzene rings is 2. The second-order valence-corrected chi connectivity index (χ2v) is 6.53. The Hall–Kier alpha value is -1.94. The first-order valence-corrected chi connectivity index (χ1v) is 8.36. The van der Waals surface area contributed by atoms with E-state index in [0.717, 1.165) is 28.6 Å². The van der Waals surface area contributed by atoms with Crippen molar-refractivity contribution < 1.29 is 9.53 Å². The summed E-state index contributed by atoms with van der Waals surface area (Å²) in [6.07, 6.45) is 0. The predicted octanol–water partition coefficient (Wildman–Crippen LogP) is 3.82. The summed E-state index contributed by atoms with van der Waals surface area (Å²) in [6.45, 7) is 4.91. The zero-order chi connectivity index (χ0) is 15.5. The number of anilines is 1. The van der Waals surface area contributed by atoms with E-state index in [1.807, 2.05) is 48.2 Å². The lowest BCUT2D eigenvalue weighted by Gasteiger charge is -2.28. The van der Waals surface area contributed by atoms with Gasteiger partial charge in [-0.1, -0.05) is 18.2 Å². The van der Waals surface area contributed by atoms with Gasteiger partial charge in [0, 0.05) is 17.2 Å². The normalized spacial score (nSPS) is 13.6. The number of amides is 1. The number of para-hydroxylation sites is 1. The van der Waals surface area contributed by atoms with Gasteiger partial charge in [-0.25, -0.2) is 0 Å². The summed E-state index contributed by atoms with van der Waals surface area (Å²) < 4.78 is 5.67. The molecule has 1 aliphatic heterocycles. The van der Waals surface area contributed by atoms with Crippen LogP contribution in [0.5, 0.6) is 5.75 Å². The van der Waals surface area contributed by atoms with Crippen molar-refractivity contribution >= 4 is 23.4 Å². The largest absolute Gasteiger partial charge is 0.484 e.